The zero-order chi connectivity index (χ0) is 20.6. The fraction of sp³-hybridized carbons (Fsp3) is 0.263. The minimum atomic E-state index is -0.788. The minimum absolute atomic E-state index is 0.0480. The van der Waals surface area contributed by atoms with E-state index in [0.717, 1.165) is 17.1 Å². The highest BCUT2D eigenvalue weighted by molar-refractivity contribution is 6.34. The van der Waals surface area contributed by atoms with E-state index in [9.17, 15) is 18.8 Å². The molecule has 0 bridgehead atoms. The first-order valence-electron chi connectivity index (χ1n) is 8.60. The van der Waals surface area contributed by atoms with Crippen LogP contribution in [0.3, 0.4) is 0 Å². The lowest BCUT2D eigenvalue weighted by molar-refractivity contribution is 0.102. The number of amides is 1. The average Bonchev–Trinajstić information content (AvgIpc) is 2.65. The van der Waals surface area contributed by atoms with E-state index in [2.05, 4.69) is 10.3 Å². The fourth-order valence-corrected chi connectivity index (χ4v) is 3.31. The van der Waals surface area contributed by atoms with Crippen LogP contribution in [0.4, 0.5) is 10.1 Å². The summed E-state index contributed by atoms with van der Waals surface area (Å²) in [6, 6.07) is 3.92. The molecule has 146 valence electrons. The van der Waals surface area contributed by atoms with Crippen LogP contribution in [0, 0.1) is 5.82 Å². The number of halogens is 2. The second-order valence-electron chi connectivity index (χ2n) is 6.36. The number of carbonyl (C=O) groups excluding carboxylic acids is 1. The standard InChI is InChI=1S/C19H18ClFN4O3/c1-4-6-10-9-22-16-14(18(27)25(3)19(28)24(16)2)15(10)23-17(26)13-11(20)7-5-8-12(13)21/h5,7-9H,4,6H2,1-3H3,(H,22,23,26). The average molecular weight is 405 g/mol. The van der Waals surface area contributed by atoms with Crippen molar-refractivity contribution in [2.75, 3.05) is 5.32 Å². The number of carbonyl (C=O) groups is 1. The van der Waals surface area contributed by atoms with Crippen molar-refractivity contribution in [3.63, 3.8) is 0 Å². The van der Waals surface area contributed by atoms with Gasteiger partial charge in [0.15, 0.2) is 5.65 Å². The van der Waals surface area contributed by atoms with Crippen LogP contribution in [0.2, 0.25) is 5.02 Å². The molecule has 2 heterocycles. The van der Waals surface area contributed by atoms with Crippen molar-refractivity contribution < 1.29 is 9.18 Å². The third-order valence-corrected chi connectivity index (χ3v) is 4.81. The topological polar surface area (TPSA) is 86.0 Å². The maximum Gasteiger partial charge on any atom is 0.332 e. The molecule has 3 aromatic rings. The van der Waals surface area contributed by atoms with E-state index in [1.807, 2.05) is 6.92 Å². The highest BCUT2D eigenvalue weighted by atomic mass is 35.5. The summed E-state index contributed by atoms with van der Waals surface area (Å²) in [6.45, 7) is 1.93. The zero-order valence-electron chi connectivity index (χ0n) is 15.5. The van der Waals surface area contributed by atoms with Gasteiger partial charge < -0.3 is 5.32 Å². The Labute approximate surface area is 164 Å². The van der Waals surface area contributed by atoms with Crippen LogP contribution in [0.25, 0.3) is 11.0 Å². The van der Waals surface area contributed by atoms with Gasteiger partial charge in [-0.2, -0.15) is 0 Å². The SMILES string of the molecule is CCCc1cnc2c(c1NC(=O)c1c(F)cccc1Cl)c(=O)n(C)c(=O)n2C. The summed E-state index contributed by atoms with van der Waals surface area (Å²) >= 11 is 5.99. The minimum Gasteiger partial charge on any atom is -0.321 e. The molecule has 0 atom stereocenters. The first-order valence-corrected chi connectivity index (χ1v) is 8.98. The smallest absolute Gasteiger partial charge is 0.321 e. The van der Waals surface area contributed by atoms with Crippen LogP contribution in [0.1, 0.15) is 29.3 Å². The van der Waals surface area contributed by atoms with Gasteiger partial charge in [-0.25, -0.2) is 14.2 Å². The molecule has 0 aliphatic rings. The fourth-order valence-electron chi connectivity index (χ4n) is 3.06. The van der Waals surface area contributed by atoms with Gasteiger partial charge in [0, 0.05) is 20.3 Å². The molecule has 3 rings (SSSR count). The second kappa shape index (κ2) is 7.55. The van der Waals surface area contributed by atoms with Crippen LogP contribution < -0.4 is 16.6 Å². The number of hydrogen-bond acceptors (Lipinski definition) is 4. The molecule has 0 saturated heterocycles. The Morgan fingerprint density at radius 1 is 1.25 bits per heavy atom. The third-order valence-electron chi connectivity index (χ3n) is 4.50. The molecular weight excluding hydrogens is 387 g/mol. The summed E-state index contributed by atoms with van der Waals surface area (Å²) in [7, 11) is 2.83. The lowest BCUT2D eigenvalue weighted by atomic mass is 10.1. The number of anilines is 1. The monoisotopic (exact) mass is 404 g/mol. The summed E-state index contributed by atoms with van der Waals surface area (Å²) < 4.78 is 16.3. The number of fused-ring (bicyclic) bond motifs is 1. The van der Waals surface area contributed by atoms with Gasteiger partial charge in [0.05, 0.1) is 16.3 Å². The second-order valence-corrected chi connectivity index (χ2v) is 6.77. The van der Waals surface area contributed by atoms with Crippen molar-refractivity contribution in [3.8, 4) is 0 Å². The maximum absolute atomic E-state index is 14.2. The summed E-state index contributed by atoms with van der Waals surface area (Å²) in [5.41, 5.74) is -0.527. The molecule has 0 radical (unpaired) electrons. The van der Waals surface area contributed by atoms with E-state index >= 15 is 0 Å². The molecule has 7 nitrogen and oxygen atoms in total. The van der Waals surface area contributed by atoms with Gasteiger partial charge in [0.1, 0.15) is 11.2 Å². The van der Waals surface area contributed by atoms with Gasteiger partial charge >= 0.3 is 5.69 Å². The Bertz CT molecular complexity index is 1200. The lowest BCUT2D eigenvalue weighted by Gasteiger charge is -2.16. The molecule has 0 unspecified atom stereocenters. The quantitative estimate of drug-likeness (QED) is 0.724. The summed E-state index contributed by atoms with van der Waals surface area (Å²) in [4.78, 5) is 42.0. The molecule has 0 fully saturated rings. The van der Waals surface area contributed by atoms with Crippen molar-refractivity contribution in [1.29, 1.82) is 0 Å². The molecule has 9 heteroatoms. The zero-order valence-corrected chi connectivity index (χ0v) is 16.3. The van der Waals surface area contributed by atoms with Crippen LogP contribution in [-0.2, 0) is 20.5 Å². The van der Waals surface area contributed by atoms with E-state index in [1.54, 1.807) is 0 Å². The highest BCUT2D eigenvalue weighted by Gasteiger charge is 2.22. The van der Waals surface area contributed by atoms with Gasteiger partial charge in [0.25, 0.3) is 11.5 Å². The molecule has 0 spiro atoms. The predicted octanol–water partition coefficient (Wildman–Crippen LogP) is 2.63. The number of nitrogens with one attached hydrogen (secondary N) is 1. The number of aryl methyl sites for hydroxylation is 2. The van der Waals surface area contributed by atoms with Gasteiger partial charge in [-0.15, -0.1) is 0 Å². The Hall–Kier alpha value is -3.00. The molecule has 0 aliphatic heterocycles. The molecule has 2 aromatic heterocycles. The van der Waals surface area contributed by atoms with E-state index in [1.165, 1.54) is 37.0 Å². The predicted molar refractivity (Wildman–Crippen MR) is 106 cm³/mol. The van der Waals surface area contributed by atoms with Crippen molar-refractivity contribution in [2.24, 2.45) is 14.1 Å². The number of benzene rings is 1. The third kappa shape index (κ3) is 3.20. The van der Waals surface area contributed by atoms with Gasteiger partial charge in [-0.3, -0.25) is 18.7 Å². The number of aromatic nitrogens is 3. The summed E-state index contributed by atoms with van der Waals surface area (Å²) in [6.07, 6.45) is 2.75. The normalized spacial score (nSPS) is 11.0. The van der Waals surface area contributed by atoms with Crippen LogP contribution >= 0.6 is 11.6 Å². The van der Waals surface area contributed by atoms with E-state index in [0.29, 0.717) is 12.0 Å². The lowest BCUT2D eigenvalue weighted by Crippen LogP contribution is -2.38. The van der Waals surface area contributed by atoms with E-state index in [-0.39, 0.29) is 27.3 Å². The number of hydrogen-bond donors (Lipinski definition) is 1. The van der Waals surface area contributed by atoms with Gasteiger partial charge in [0.2, 0.25) is 0 Å². The maximum atomic E-state index is 14.2. The Morgan fingerprint density at radius 2 is 1.96 bits per heavy atom. The Balaban J connectivity index is 2.29. The van der Waals surface area contributed by atoms with Gasteiger partial charge in [-0.05, 0) is 24.1 Å². The first-order chi connectivity index (χ1) is 13.3. The Morgan fingerprint density at radius 3 is 2.61 bits per heavy atom. The van der Waals surface area contributed by atoms with Crippen LogP contribution in [-0.4, -0.2) is 20.0 Å². The molecule has 0 aliphatic carbocycles. The number of nitrogens with zero attached hydrogens (tertiary/aromatic N) is 3. The van der Waals surface area contributed by atoms with Gasteiger partial charge in [-0.1, -0.05) is 31.0 Å². The number of rotatable bonds is 4. The van der Waals surface area contributed by atoms with E-state index < -0.39 is 23.0 Å². The molecule has 0 saturated carbocycles. The highest BCUT2D eigenvalue weighted by Crippen LogP contribution is 2.26. The Kier molecular flexibility index (Phi) is 5.33. The molecule has 1 aromatic carbocycles. The van der Waals surface area contributed by atoms with E-state index in [4.69, 9.17) is 11.6 Å². The molecule has 1 N–H and O–H groups in total. The van der Waals surface area contributed by atoms with Crippen molar-refractivity contribution >= 4 is 34.2 Å². The van der Waals surface area contributed by atoms with Crippen molar-refractivity contribution in [3.05, 3.63) is 67.2 Å². The first kappa shape index (κ1) is 19.8. The van der Waals surface area contributed by atoms with Crippen molar-refractivity contribution in [1.82, 2.24) is 14.1 Å². The molecule has 28 heavy (non-hydrogen) atoms. The van der Waals surface area contributed by atoms with Crippen molar-refractivity contribution in [2.45, 2.75) is 19.8 Å². The van der Waals surface area contributed by atoms with Crippen LogP contribution in [0.15, 0.2) is 34.0 Å². The largest absolute Gasteiger partial charge is 0.332 e. The number of pyridine rings is 1. The molecule has 1 amide bonds. The summed E-state index contributed by atoms with van der Waals surface area (Å²) in [5.74, 6) is -1.57. The summed E-state index contributed by atoms with van der Waals surface area (Å²) in [5, 5.41) is 2.65. The van der Waals surface area contributed by atoms with Crippen LogP contribution in [0.5, 0.6) is 0 Å². The molecular formula is C19H18ClFN4O3.